The van der Waals surface area contributed by atoms with E-state index in [1.54, 1.807) is 4.57 Å². The van der Waals surface area contributed by atoms with E-state index in [2.05, 4.69) is 114 Å². The van der Waals surface area contributed by atoms with Crippen LogP contribution < -0.4 is 0 Å². The second-order valence-electron chi connectivity index (χ2n) is 12.3. The molecule has 218 valence electrons. The molecule has 0 aliphatic rings. The number of imidazole rings is 1. The highest BCUT2D eigenvalue weighted by atomic mass is 16.3. The van der Waals surface area contributed by atoms with E-state index in [0.717, 1.165) is 33.1 Å². The molecule has 0 aliphatic heterocycles. The van der Waals surface area contributed by atoms with Gasteiger partial charge in [0.25, 0.3) is 0 Å². The van der Waals surface area contributed by atoms with Gasteiger partial charge in [0, 0.05) is 5.69 Å². The predicted molar refractivity (Wildman–Crippen MR) is 202 cm³/mol. The maximum Gasteiger partial charge on any atom is 0.135 e. The Kier molecular flexibility index (Phi) is 7.19. The van der Waals surface area contributed by atoms with Crippen molar-refractivity contribution in [1.82, 2.24) is 9.55 Å². The zero-order chi connectivity index (χ0) is 33.0. The van der Waals surface area contributed by atoms with E-state index >= 15 is 0 Å². The van der Waals surface area contributed by atoms with E-state index in [1.165, 1.54) is 33.0 Å². The van der Waals surface area contributed by atoms with Crippen molar-refractivity contribution in [3.05, 3.63) is 157 Å². The van der Waals surface area contributed by atoms with E-state index in [4.69, 9.17) is 31.4 Å². The molecule has 1 atom stereocenters. The minimum absolute atomic E-state index is 0.0429. The number of fused-ring (bicyclic) bond motifs is 3. The summed E-state index contributed by atoms with van der Waals surface area (Å²) >= 11 is 0. The van der Waals surface area contributed by atoms with Crippen molar-refractivity contribution in [2.45, 2.75) is 10.6 Å². The zero-order valence-corrected chi connectivity index (χ0v) is 26.1. The molecule has 8 radical (unpaired) electrons. The normalized spacial score (nSPS) is 13.2. The van der Waals surface area contributed by atoms with Gasteiger partial charge in [-0.15, -0.1) is 5.11 Å². The molecule has 0 amide bonds. The number of para-hydroxylation sites is 2. The molecule has 3 nitrogen and oxygen atoms in total. The van der Waals surface area contributed by atoms with Crippen LogP contribution in [0.25, 0.3) is 71.6 Å². The van der Waals surface area contributed by atoms with Gasteiger partial charge in [0.05, 0.1) is 40.1 Å². The Balaban J connectivity index is 1.35. The van der Waals surface area contributed by atoms with Gasteiger partial charge in [0.15, 0.2) is 0 Å². The zero-order valence-electron chi connectivity index (χ0n) is 26.1. The van der Waals surface area contributed by atoms with E-state index in [-0.39, 0.29) is 5.82 Å². The van der Waals surface area contributed by atoms with Crippen molar-refractivity contribution in [3.63, 3.8) is 0 Å². The summed E-state index contributed by atoms with van der Waals surface area (Å²) in [7, 11) is 24.1. The van der Waals surface area contributed by atoms with Gasteiger partial charge in [0.2, 0.25) is 0 Å². The SMILES string of the molecule is [B]C([B])([B])C([B])(O)c1nc2ccccc2n1-c1ccc(-c2c3ccccc3c(-c3ccccc3-c3ccccc3)c3ccccc23)cc1. The van der Waals surface area contributed by atoms with Crippen LogP contribution in [-0.4, -0.2) is 46.0 Å². The first-order chi connectivity index (χ1) is 23.2. The molecule has 1 N–H and O–H groups in total. The lowest BCUT2D eigenvalue weighted by molar-refractivity contribution is 0.118. The number of hydrogen-bond donors (Lipinski definition) is 1. The van der Waals surface area contributed by atoms with E-state index in [1.807, 2.05) is 42.5 Å². The Labute approximate surface area is 284 Å². The van der Waals surface area contributed by atoms with Crippen molar-refractivity contribution in [2.24, 2.45) is 0 Å². The van der Waals surface area contributed by atoms with Gasteiger partial charge in [-0.1, -0.05) is 127 Å². The van der Waals surface area contributed by atoms with Gasteiger partial charge >= 0.3 is 0 Å². The first kappa shape index (κ1) is 30.1. The second-order valence-corrected chi connectivity index (χ2v) is 12.3. The summed E-state index contributed by atoms with van der Waals surface area (Å²) < 4.78 is 1.75. The molecule has 48 heavy (non-hydrogen) atoms. The van der Waals surface area contributed by atoms with Gasteiger partial charge in [-0.25, -0.2) is 4.98 Å². The van der Waals surface area contributed by atoms with Crippen LogP contribution in [0.15, 0.2) is 152 Å². The lowest BCUT2D eigenvalue weighted by Gasteiger charge is -2.39. The van der Waals surface area contributed by atoms with Crippen LogP contribution in [0.4, 0.5) is 0 Å². The molecular formula is C41H26B4N2O. The number of aliphatic hydroxyl groups is 1. The Hall–Kier alpha value is -5.25. The number of benzene rings is 7. The van der Waals surface area contributed by atoms with Gasteiger partial charge in [0.1, 0.15) is 13.7 Å². The van der Waals surface area contributed by atoms with Crippen LogP contribution in [0.5, 0.6) is 0 Å². The van der Waals surface area contributed by atoms with Crippen molar-refractivity contribution in [1.29, 1.82) is 0 Å². The van der Waals surface area contributed by atoms with Crippen LogP contribution in [0.2, 0.25) is 5.11 Å². The summed E-state index contributed by atoms with van der Waals surface area (Å²) in [6, 6.07) is 52.0. The van der Waals surface area contributed by atoms with Crippen molar-refractivity contribution in [2.75, 3.05) is 0 Å². The number of hydrogen-bond acceptors (Lipinski definition) is 2. The Morgan fingerprint density at radius 3 is 1.58 bits per heavy atom. The highest BCUT2D eigenvalue weighted by Gasteiger charge is 2.39. The highest BCUT2D eigenvalue weighted by molar-refractivity contribution is 6.62. The second kappa shape index (κ2) is 11.5. The molecule has 0 aliphatic carbocycles. The monoisotopic (exact) mass is 606 g/mol. The average molecular weight is 606 g/mol. The van der Waals surface area contributed by atoms with Crippen LogP contribution in [0.3, 0.4) is 0 Å². The fourth-order valence-electron chi connectivity index (χ4n) is 6.81. The minimum atomic E-state index is -2.33. The fraction of sp³-hybridized carbons (Fsp3) is 0.0488. The molecule has 8 aromatic rings. The third kappa shape index (κ3) is 4.81. The molecule has 8 rings (SSSR count). The third-order valence-corrected chi connectivity index (χ3v) is 9.19. The summed E-state index contributed by atoms with van der Waals surface area (Å²) in [5.41, 5.74) is 6.64. The number of rotatable bonds is 6. The standard InChI is InChI=1S/C41H26B4N2O/c42-40(48,41(43,44)45)39-46-35-20-10-11-21-36(35)47(39)28-24-22-27(23-25-28)37-31-16-6-8-18-33(31)38(34-19-9-7-17-32(34)37)30-15-5-4-14-29(30)26-12-2-1-3-13-26/h1-25,48H. The molecule has 7 aromatic carbocycles. The topological polar surface area (TPSA) is 38.1 Å². The first-order valence-corrected chi connectivity index (χ1v) is 15.8. The van der Waals surface area contributed by atoms with E-state index < -0.39 is 10.6 Å². The molecule has 0 saturated heterocycles. The summed E-state index contributed by atoms with van der Waals surface area (Å²) in [4.78, 5) is 4.61. The van der Waals surface area contributed by atoms with Crippen molar-refractivity contribution in [3.8, 4) is 39.1 Å². The van der Waals surface area contributed by atoms with E-state index in [9.17, 15) is 5.11 Å². The van der Waals surface area contributed by atoms with Gasteiger partial charge in [-0.3, -0.25) is 4.57 Å². The molecular weight excluding hydrogens is 580 g/mol. The van der Waals surface area contributed by atoms with Crippen molar-refractivity contribution >= 4 is 64.0 Å². The highest BCUT2D eigenvalue weighted by Crippen LogP contribution is 2.46. The van der Waals surface area contributed by atoms with Crippen molar-refractivity contribution < 1.29 is 5.11 Å². The third-order valence-electron chi connectivity index (χ3n) is 9.19. The Morgan fingerprint density at radius 2 is 0.979 bits per heavy atom. The first-order valence-electron chi connectivity index (χ1n) is 15.8. The Morgan fingerprint density at radius 1 is 0.479 bits per heavy atom. The van der Waals surface area contributed by atoms with Crippen LogP contribution >= 0.6 is 0 Å². The van der Waals surface area contributed by atoms with E-state index in [0.29, 0.717) is 5.52 Å². The number of nitrogens with zero attached hydrogens (tertiary/aromatic N) is 2. The quantitative estimate of drug-likeness (QED) is 0.153. The van der Waals surface area contributed by atoms with Gasteiger partial charge < -0.3 is 5.11 Å². The maximum atomic E-state index is 11.3. The van der Waals surface area contributed by atoms with Crippen LogP contribution in [0, 0.1) is 0 Å². The molecule has 0 spiro atoms. The lowest BCUT2D eigenvalue weighted by atomic mass is 9.32. The average Bonchev–Trinajstić information content (AvgIpc) is 3.51. The van der Waals surface area contributed by atoms with Gasteiger partial charge in [-0.2, -0.15) is 0 Å². The predicted octanol–water partition coefficient (Wildman–Crippen LogP) is 8.23. The summed E-state index contributed by atoms with van der Waals surface area (Å²) in [6.07, 6.45) is 0. The number of aromatic nitrogens is 2. The molecule has 7 heteroatoms. The fourth-order valence-corrected chi connectivity index (χ4v) is 6.81. The molecule has 0 bridgehead atoms. The summed E-state index contributed by atoms with van der Waals surface area (Å²) in [6.45, 7) is 0. The molecule has 0 saturated carbocycles. The smallest absolute Gasteiger partial charge is 0.135 e. The van der Waals surface area contributed by atoms with Crippen LogP contribution in [0.1, 0.15) is 5.82 Å². The minimum Gasteiger partial charge on any atom is -0.394 e. The molecule has 1 unspecified atom stereocenters. The molecule has 1 aromatic heterocycles. The van der Waals surface area contributed by atoms with Gasteiger partial charge in [-0.05, 0) is 79.2 Å². The van der Waals surface area contributed by atoms with Crippen LogP contribution in [-0.2, 0) is 5.50 Å². The summed E-state index contributed by atoms with van der Waals surface area (Å²) in [5.74, 6) is 0.0429. The largest absolute Gasteiger partial charge is 0.394 e. The molecule has 1 heterocycles. The molecule has 0 fully saturated rings. The lowest BCUT2D eigenvalue weighted by Crippen LogP contribution is -2.44. The summed E-state index contributed by atoms with van der Waals surface area (Å²) in [5, 5.41) is 13.7. The Bertz CT molecular complexity index is 2410. The maximum absolute atomic E-state index is 11.3.